The molecule has 1 aliphatic heterocycles. The number of hydrogen-bond donors (Lipinski definition) is 1. The molecule has 22 heavy (non-hydrogen) atoms. The second-order valence-electron chi connectivity index (χ2n) is 5.28. The first-order chi connectivity index (χ1) is 10.7. The summed E-state index contributed by atoms with van der Waals surface area (Å²) in [5.74, 6) is 1.76. The largest absolute Gasteiger partial charge is 0.507 e. The minimum Gasteiger partial charge on any atom is -0.507 e. The number of fused-ring (bicyclic) bond motifs is 1. The van der Waals surface area contributed by atoms with Crippen LogP contribution < -0.4 is 0 Å². The molecule has 1 aromatic heterocycles. The smallest absolute Gasteiger partial charge is 0.174 e. The molecule has 6 heteroatoms. The van der Waals surface area contributed by atoms with Crippen molar-refractivity contribution in [2.24, 2.45) is 0 Å². The Morgan fingerprint density at radius 3 is 2.95 bits per heavy atom. The molecule has 112 valence electrons. The molecule has 0 saturated heterocycles. The monoisotopic (exact) mass is 358 g/mol. The van der Waals surface area contributed by atoms with Crippen molar-refractivity contribution in [3.8, 4) is 11.8 Å². The van der Waals surface area contributed by atoms with Crippen LogP contribution in [-0.4, -0.2) is 19.9 Å². The average Bonchev–Trinajstić information content (AvgIpc) is 2.77. The summed E-state index contributed by atoms with van der Waals surface area (Å²) in [5, 5.41) is 27.5. The van der Waals surface area contributed by atoms with Gasteiger partial charge in [0.2, 0.25) is 0 Å². The SMILES string of the molecule is N#C/C(=C/c1ccc(O)c(Br)c1)c1nnc2n1CCCCC2. The van der Waals surface area contributed by atoms with Crippen LogP contribution in [0.1, 0.15) is 36.5 Å². The molecule has 5 nitrogen and oxygen atoms in total. The third-order valence-electron chi connectivity index (χ3n) is 3.75. The molecule has 0 spiro atoms. The summed E-state index contributed by atoms with van der Waals surface area (Å²) in [6.07, 6.45) is 6.07. The summed E-state index contributed by atoms with van der Waals surface area (Å²) >= 11 is 3.28. The van der Waals surface area contributed by atoms with E-state index in [0.29, 0.717) is 15.9 Å². The fourth-order valence-corrected chi connectivity index (χ4v) is 3.01. The van der Waals surface area contributed by atoms with E-state index >= 15 is 0 Å². The molecule has 2 aromatic rings. The lowest BCUT2D eigenvalue weighted by Crippen LogP contribution is -2.05. The van der Waals surface area contributed by atoms with Gasteiger partial charge >= 0.3 is 0 Å². The molecule has 0 saturated carbocycles. The number of aryl methyl sites for hydroxylation is 1. The van der Waals surface area contributed by atoms with E-state index in [1.807, 2.05) is 0 Å². The van der Waals surface area contributed by atoms with E-state index in [1.54, 1.807) is 24.3 Å². The molecule has 3 rings (SSSR count). The van der Waals surface area contributed by atoms with Gasteiger partial charge in [-0.1, -0.05) is 12.5 Å². The van der Waals surface area contributed by atoms with Gasteiger partial charge in [-0.3, -0.25) is 0 Å². The van der Waals surface area contributed by atoms with Gasteiger partial charge in [0.15, 0.2) is 5.82 Å². The Balaban J connectivity index is 2.01. The zero-order chi connectivity index (χ0) is 15.5. The number of rotatable bonds is 2. The first-order valence-electron chi connectivity index (χ1n) is 7.22. The molecule has 0 atom stereocenters. The second kappa shape index (κ2) is 6.32. The predicted octanol–water partition coefficient (Wildman–Crippen LogP) is 3.54. The highest BCUT2D eigenvalue weighted by molar-refractivity contribution is 9.10. The first-order valence-corrected chi connectivity index (χ1v) is 8.01. The lowest BCUT2D eigenvalue weighted by atomic mass is 10.1. The van der Waals surface area contributed by atoms with Crippen LogP contribution >= 0.6 is 15.9 Å². The summed E-state index contributed by atoms with van der Waals surface area (Å²) in [6.45, 7) is 0.857. The van der Waals surface area contributed by atoms with Crippen molar-refractivity contribution in [2.75, 3.05) is 0 Å². The number of phenols is 1. The number of aromatic hydroxyl groups is 1. The lowest BCUT2D eigenvalue weighted by molar-refractivity contribution is 0.472. The molecular weight excluding hydrogens is 344 g/mol. The fourth-order valence-electron chi connectivity index (χ4n) is 2.61. The molecule has 0 unspecified atom stereocenters. The third-order valence-corrected chi connectivity index (χ3v) is 4.39. The van der Waals surface area contributed by atoms with Crippen LogP contribution in [0.4, 0.5) is 0 Å². The van der Waals surface area contributed by atoms with Crippen LogP contribution in [0.25, 0.3) is 11.6 Å². The molecule has 0 bridgehead atoms. The number of halogens is 1. The maximum absolute atomic E-state index is 9.55. The van der Waals surface area contributed by atoms with Gasteiger partial charge in [-0.15, -0.1) is 10.2 Å². The van der Waals surface area contributed by atoms with Gasteiger partial charge in [0.25, 0.3) is 0 Å². The van der Waals surface area contributed by atoms with Gasteiger partial charge in [0.05, 0.1) is 10.0 Å². The molecule has 0 amide bonds. The lowest BCUT2D eigenvalue weighted by Gasteiger charge is -2.06. The predicted molar refractivity (Wildman–Crippen MR) is 86.9 cm³/mol. The number of benzene rings is 1. The Labute approximate surface area is 137 Å². The maximum atomic E-state index is 9.55. The molecule has 2 heterocycles. The molecular formula is C16H15BrN4O. The van der Waals surface area contributed by atoms with Gasteiger partial charge in [0.1, 0.15) is 17.6 Å². The van der Waals surface area contributed by atoms with Crippen molar-refractivity contribution >= 4 is 27.6 Å². The van der Waals surface area contributed by atoms with Crippen molar-refractivity contribution in [3.05, 3.63) is 39.9 Å². The molecule has 0 fully saturated rings. The van der Waals surface area contributed by atoms with Gasteiger partial charge in [0, 0.05) is 13.0 Å². The van der Waals surface area contributed by atoms with Gasteiger partial charge in [-0.05, 0) is 52.5 Å². The number of aromatic nitrogens is 3. The molecule has 1 aromatic carbocycles. The van der Waals surface area contributed by atoms with Crippen LogP contribution in [-0.2, 0) is 13.0 Å². The molecule has 1 N–H and O–H groups in total. The topological polar surface area (TPSA) is 74.7 Å². The van der Waals surface area contributed by atoms with E-state index in [4.69, 9.17) is 0 Å². The highest BCUT2D eigenvalue weighted by atomic mass is 79.9. The van der Waals surface area contributed by atoms with Crippen molar-refractivity contribution in [1.29, 1.82) is 5.26 Å². The minimum atomic E-state index is 0.173. The first kappa shape index (κ1) is 14.8. The Morgan fingerprint density at radius 1 is 1.32 bits per heavy atom. The van der Waals surface area contributed by atoms with Crippen LogP contribution in [0.2, 0.25) is 0 Å². The third kappa shape index (κ3) is 2.90. The van der Waals surface area contributed by atoms with Crippen LogP contribution in [0.5, 0.6) is 5.75 Å². The fraction of sp³-hybridized carbons (Fsp3) is 0.312. The van der Waals surface area contributed by atoms with Crippen molar-refractivity contribution in [2.45, 2.75) is 32.2 Å². The summed E-state index contributed by atoms with van der Waals surface area (Å²) in [7, 11) is 0. The summed E-state index contributed by atoms with van der Waals surface area (Å²) in [5.41, 5.74) is 1.31. The average molecular weight is 359 g/mol. The van der Waals surface area contributed by atoms with Crippen LogP contribution in [0.3, 0.4) is 0 Å². The number of nitriles is 1. The van der Waals surface area contributed by atoms with E-state index in [-0.39, 0.29) is 5.75 Å². The number of phenolic OH excluding ortho intramolecular Hbond substituents is 1. The zero-order valence-electron chi connectivity index (χ0n) is 12.0. The highest BCUT2D eigenvalue weighted by Gasteiger charge is 2.17. The quantitative estimate of drug-likeness (QED) is 0.833. The molecule has 0 aliphatic carbocycles. The standard InChI is InChI=1S/C16H15BrN4O/c17-13-9-11(5-6-14(13)22)8-12(10-18)16-20-19-15-4-2-1-3-7-21(15)16/h5-6,8-9,22H,1-4,7H2/b12-8-. The Kier molecular flexibility index (Phi) is 4.25. The van der Waals surface area contributed by atoms with Gasteiger partial charge < -0.3 is 9.67 Å². The maximum Gasteiger partial charge on any atom is 0.174 e. The number of hydrogen-bond acceptors (Lipinski definition) is 4. The molecule has 1 aliphatic rings. The Hall–Kier alpha value is -2.13. The second-order valence-corrected chi connectivity index (χ2v) is 6.14. The van der Waals surface area contributed by atoms with E-state index in [2.05, 4.69) is 36.8 Å². The van der Waals surface area contributed by atoms with E-state index in [0.717, 1.165) is 37.2 Å². The van der Waals surface area contributed by atoms with Gasteiger partial charge in [-0.25, -0.2) is 0 Å². The van der Waals surface area contributed by atoms with E-state index in [1.165, 1.54) is 6.42 Å². The summed E-state index contributed by atoms with van der Waals surface area (Å²) in [6, 6.07) is 7.34. The van der Waals surface area contributed by atoms with Crippen molar-refractivity contribution in [1.82, 2.24) is 14.8 Å². The van der Waals surface area contributed by atoms with Crippen LogP contribution in [0, 0.1) is 11.3 Å². The Morgan fingerprint density at radius 2 is 2.18 bits per heavy atom. The minimum absolute atomic E-state index is 0.173. The van der Waals surface area contributed by atoms with E-state index < -0.39 is 0 Å². The molecule has 0 radical (unpaired) electrons. The number of nitrogens with zero attached hydrogens (tertiary/aromatic N) is 4. The van der Waals surface area contributed by atoms with Crippen LogP contribution in [0.15, 0.2) is 22.7 Å². The summed E-state index contributed by atoms with van der Waals surface area (Å²) in [4.78, 5) is 0. The van der Waals surface area contributed by atoms with Gasteiger partial charge in [-0.2, -0.15) is 5.26 Å². The normalized spacial score (nSPS) is 15.0. The summed E-state index contributed by atoms with van der Waals surface area (Å²) < 4.78 is 2.65. The highest BCUT2D eigenvalue weighted by Crippen LogP contribution is 2.27. The number of allylic oxidation sites excluding steroid dienone is 1. The van der Waals surface area contributed by atoms with Crippen molar-refractivity contribution in [3.63, 3.8) is 0 Å². The Bertz CT molecular complexity index is 773. The zero-order valence-corrected chi connectivity index (χ0v) is 13.5. The van der Waals surface area contributed by atoms with Crippen molar-refractivity contribution < 1.29 is 5.11 Å². The van der Waals surface area contributed by atoms with E-state index in [9.17, 15) is 10.4 Å².